The predicted molar refractivity (Wildman–Crippen MR) is 72.9 cm³/mol. The van der Waals surface area contributed by atoms with Crippen molar-refractivity contribution in [1.82, 2.24) is 0 Å². The lowest BCUT2D eigenvalue weighted by molar-refractivity contribution is -0.112. The molecule has 2 fully saturated rings. The molecule has 0 aliphatic carbocycles. The average molecular weight is 319 g/mol. The van der Waals surface area contributed by atoms with E-state index in [1.54, 1.807) is 0 Å². The predicted octanol–water partition coefficient (Wildman–Crippen LogP) is 2.60. The van der Waals surface area contributed by atoms with Crippen molar-refractivity contribution in [2.75, 3.05) is 19.8 Å². The molecule has 2 heterocycles. The third-order valence-corrected chi connectivity index (χ3v) is 4.14. The Balaban J connectivity index is 1.79. The molecule has 3 nitrogen and oxygen atoms in total. The van der Waals surface area contributed by atoms with Crippen molar-refractivity contribution < 1.29 is 31.5 Å². The van der Waals surface area contributed by atoms with Crippen LogP contribution in [0.25, 0.3) is 0 Å². The first-order valence-electron chi connectivity index (χ1n) is 7.26. The molecule has 1 aromatic carbocycles. The minimum atomic E-state index is -5.25. The summed E-state index contributed by atoms with van der Waals surface area (Å²) >= 11 is 0. The molecule has 2 aliphatic rings. The zero-order valence-corrected chi connectivity index (χ0v) is 11.9. The maximum absolute atomic E-state index is 13.3. The van der Waals surface area contributed by atoms with E-state index in [0.717, 1.165) is 18.2 Å². The van der Waals surface area contributed by atoms with Gasteiger partial charge in [0.2, 0.25) is 0 Å². The molecule has 22 heavy (non-hydrogen) atoms. The Kier molecular flexibility index (Phi) is 4.07. The smallest absolute Gasteiger partial charge is 0.493 e. The first kappa shape index (κ1) is 15.6. The van der Waals surface area contributed by atoms with Gasteiger partial charge in [0, 0.05) is 31.9 Å². The van der Waals surface area contributed by atoms with Gasteiger partial charge >= 0.3 is 6.98 Å². The second-order valence-corrected chi connectivity index (χ2v) is 5.82. The van der Waals surface area contributed by atoms with E-state index >= 15 is 0 Å². The Morgan fingerprint density at radius 1 is 1.23 bits per heavy atom. The van der Waals surface area contributed by atoms with E-state index < -0.39 is 35.7 Å². The molecular formula is C14H16BF4O3-. The number of rotatable bonds is 3. The SMILES string of the molecule is Fc1ccc([B-](F)(F)F)c(OC2CCOC3(CCOC3)C2)c1. The fourth-order valence-corrected chi connectivity index (χ4v) is 3.01. The molecular weight excluding hydrogens is 303 g/mol. The van der Waals surface area contributed by atoms with E-state index in [-0.39, 0.29) is 0 Å². The minimum Gasteiger partial charge on any atom is -0.493 e. The van der Waals surface area contributed by atoms with Crippen LogP contribution in [-0.2, 0) is 9.47 Å². The summed E-state index contributed by atoms with van der Waals surface area (Å²) in [6.07, 6.45) is 1.19. The lowest BCUT2D eigenvalue weighted by Crippen LogP contribution is -2.45. The standard InChI is InChI=1S/C14H16BF4O3/c16-10-1-2-12(15(17,18)19)13(7-10)22-11-3-5-21-14(8-11)4-6-20-9-14/h1-2,7,11H,3-6,8-9H2/q-1. The monoisotopic (exact) mass is 319 g/mol. The summed E-state index contributed by atoms with van der Waals surface area (Å²) < 4.78 is 69.0. The van der Waals surface area contributed by atoms with Gasteiger partial charge < -0.3 is 27.2 Å². The van der Waals surface area contributed by atoms with Gasteiger partial charge in [0.1, 0.15) is 11.9 Å². The molecule has 1 spiro atoms. The number of hydrogen-bond donors (Lipinski definition) is 0. The molecule has 122 valence electrons. The van der Waals surface area contributed by atoms with Crippen molar-refractivity contribution in [3.8, 4) is 5.75 Å². The summed E-state index contributed by atoms with van der Waals surface area (Å²) in [7, 11) is 0. The number of hydrogen-bond acceptors (Lipinski definition) is 3. The van der Waals surface area contributed by atoms with Gasteiger partial charge in [-0.1, -0.05) is 11.5 Å². The van der Waals surface area contributed by atoms with Crippen molar-refractivity contribution in [3.05, 3.63) is 24.0 Å². The lowest BCUT2D eigenvalue weighted by atomic mass is 9.79. The fraction of sp³-hybridized carbons (Fsp3) is 0.571. The van der Waals surface area contributed by atoms with Crippen molar-refractivity contribution in [1.29, 1.82) is 0 Å². The van der Waals surface area contributed by atoms with Crippen LogP contribution in [0.1, 0.15) is 19.3 Å². The van der Waals surface area contributed by atoms with Gasteiger partial charge in [0.25, 0.3) is 0 Å². The summed E-state index contributed by atoms with van der Waals surface area (Å²) in [5.74, 6) is -1.18. The average Bonchev–Trinajstić information content (AvgIpc) is 2.85. The molecule has 0 amide bonds. The maximum Gasteiger partial charge on any atom is 0.513 e. The third-order valence-electron chi connectivity index (χ3n) is 4.14. The van der Waals surface area contributed by atoms with Gasteiger partial charge in [0.15, 0.2) is 0 Å². The lowest BCUT2D eigenvalue weighted by Gasteiger charge is -2.37. The van der Waals surface area contributed by atoms with Gasteiger partial charge in [0.05, 0.1) is 24.6 Å². The summed E-state index contributed by atoms with van der Waals surface area (Å²) in [5, 5.41) is 0. The quantitative estimate of drug-likeness (QED) is 0.633. The van der Waals surface area contributed by atoms with Crippen LogP contribution in [0.2, 0.25) is 0 Å². The zero-order chi connectivity index (χ0) is 15.8. The van der Waals surface area contributed by atoms with Crippen molar-refractivity contribution in [2.24, 2.45) is 0 Å². The van der Waals surface area contributed by atoms with E-state index in [0.29, 0.717) is 39.1 Å². The molecule has 0 N–H and O–H groups in total. The van der Waals surface area contributed by atoms with Crippen molar-refractivity contribution in [2.45, 2.75) is 31.0 Å². The highest BCUT2D eigenvalue weighted by Gasteiger charge is 2.42. The van der Waals surface area contributed by atoms with E-state index in [1.807, 2.05) is 0 Å². The molecule has 2 saturated heterocycles. The highest BCUT2D eigenvalue weighted by Crippen LogP contribution is 2.34. The molecule has 0 saturated carbocycles. The highest BCUT2D eigenvalue weighted by atomic mass is 19.4. The highest BCUT2D eigenvalue weighted by molar-refractivity contribution is 6.74. The minimum absolute atomic E-state index is 0.399. The molecule has 0 aromatic heterocycles. The number of halogens is 4. The molecule has 2 atom stereocenters. The van der Waals surface area contributed by atoms with Crippen molar-refractivity contribution >= 4 is 12.4 Å². The topological polar surface area (TPSA) is 27.7 Å². The van der Waals surface area contributed by atoms with Crippen LogP contribution in [0.15, 0.2) is 18.2 Å². The molecule has 2 aliphatic heterocycles. The Hall–Kier alpha value is -1.28. The molecule has 0 radical (unpaired) electrons. The van der Waals surface area contributed by atoms with E-state index in [9.17, 15) is 17.3 Å². The molecule has 3 rings (SSSR count). The van der Waals surface area contributed by atoms with Crippen LogP contribution < -0.4 is 10.2 Å². The van der Waals surface area contributed by atoms with E-state index in [2.05, 4.69) is 0 Å². The third kappa shape index (κ3) is 3.22. The van der Waals surface area contributed by atoms with Crippen LogP contribution in [-0.4, -0.2) is 38.5 Å². The van der Waals surface area contributed by atoms with Crippen LogP contribution in [0.3, 0.4) is 0 Å². The van der Waals surface area contributed by atoms with Gasteiger partial charge in [-0.3, -0.25) is 0 Å². The molecule has 0 bridgehead atoms. The van der Waals surface area contributed by atoms with Crippen LogP contribution >= 0.6 is 0 Å². The van der Waals surface area contributed by atoms with Crippen LogP contribution in [0, 0.1) is 5.82 Å². The van der Waals surface area contributed by atoms with Gasteiger partial charge in [-0.05, 0) is 6.07 Å². The summed E-state index contributed by atoms with van der Waals surface area (Å²) in [5.41, 5.74) is -1.37. The second kappa shape index (κ2) is 5.74. The summed E-state index contributed by atoms with van der Waals surface area (Å²) in [6.45, 7) is -3.86. The Labute approximate surface area is 125 Å². The molecule has 1 aromatic rings. The number of benzene rings is 1. The Bertz CT molecular complexity index is 543. The largest absolute Gasteiger partial charge is 0.513 e. The Morgan fingerprint density at radius 2 is 2.05 bits per heavy atom. The summed E-state index contributed by atoms with van der Waals surface area (Å²) in [4.78, 5) is 0. The Morgan fingerprint density at radius 3 is 2.73 bits per heavy atom. The molecule has 2 unspecified atom stereocenters. The van der Waals surface area contributed by atoms with E-state index in [1.165, 1.54) is 0 Å². The number of ether oxygens (including phenoxy) is 3. The van der Waals surface area contributed by atoms with Crippen LogP contribution in [0.4, 0.5) is 17.3 Å². The fourth-order valence-electron chi connectivity index (χ4n) is 3.01. The van der Waals surface area contributed by atoms with Gasteiger partial charge in [-0.2, -0.15) is 0 Å². The van der Waals surface area contributed by atoms with Crippen LogP contribution in [0.5, 0.6) is 5.75 Å². The van der Waals surface area contributed by atoms with E-state index in [4.69, 9.17) is 14.2 Å². The first-order valence-corrected chi connectivity index (χ1v) is 7.26. The van der Waals surface area contributed by atoms with Crippen molar-refractivity contribution in [3.63, 3.8) is 0 Å². The van der Waals surface area contributed by atoms with Gasteiger partial charge in [-0.25, -0.2) is 4.39 Å². The van der Waals surface area contributed by atoms with Gasteiger partial charge in [-0.15, -0.1) is 0 Å². The maximum atomic E-state index is 13.3. The summed E-state index contributed by atoms with van der Waals surface area (Å²) in [6, 6.07) is 2.34. The normalized spacial score (nSPS) is 29.0. The molecule has 8 heteroatoms. The zero-order valence-electron chi connectivity index (χ0n) is 11.9. The second-order valence-electron chi connectivity index (χ2n) is 5.82. The first-order chi connectivity index (χ1) is 10.4.